The average molecular weight is 390 g/mol. The minimum atomic E-state index is -0.0788. The lowest BCUT2D eigenvalue weighted by molar-refractivity contribution is 0.0941. The van der Waals surface area contributed by atoms with Crippen LogP contribution in [0.2, 0.25) is 0 Å². The number of halogens is 1. The predicted octanol–water partition coefficient (Wildman–Crippen LogP) is 2.02. The number of nitrogens with one attached hydrogen (secondary N) is 2. The molecule has 0 aliphatic carbocycles. The maximum Gasteiger partial charge on any atom is 0.271 e. The molecule has 1 atom stereocenters. The summed E-state index contributed by atoms with van der Waals surface area (Å²) in [6.07, 6.45) is 5.29. The Kier molecular flexibility index (Phi) is 6.88. The third-order valence-corrected chi connectivity index (χ3v) is 5.41. The van der Waals surface area contributed by atoms with E-state index in [1.807, 2.05) is 16.9 Å². The van der Waals surface area contributed by atoms with Crippen molar-refractivity contribution >= 4 is 18.3 Å². The summed E-state index contributed by atoms with van der Waals surface area (Å²) in [7, 11) is 0. The van der Waals surface area contributed by atoms with E-state index in [1.54, 1.807) is 0 Å². The monoisotopic (exact) mass is 389 g/mol. The Balaban J connectivity index is 0.00000210. The van der Waals surface area contributed by atoms with Crippen LogP contribution in [-0.4, -0.2) is 53.3 Å². The van der Waals surface area contributed by atoms with Crippen molar-refractivity contribution in [2.24, 2.45) is 0 Å². The highest BCUT2D eigenvalue weighted by Crippen LogP contribution is 2.18. The summed E-state index contributed by atoms with van der Waals surface area (Å²) >= 11 is 0. The highest BCUT2D eigenvalue weighted by Gasteiger charge is 2.18. The Morgan fingerprint density at radius 2 is 2.11 bits per heavy atom. The molecule has 7 heteroatoms. The third kappa shape index (κ3) is 4.89. The molecule has 0 bridgehead atoms. The van der Waals surface area contributed by atoms with Crippen LogP contribution in [0.25, 0.3) is 0 Å². The fourth-order valence-corrected chi connectivity index (χ4v) is 3.88. The number of carbonyl (C=O) groups excluding carboxylic acids is 1. The lowest BCUT2D eigenvalue weighted by atomic mass is 10.00. The maximum atomic E-state index is 12.4. The number of benzene rings is 1. The highest BCUT2D eigenvalue weighted by atomic mass is 35.5. The zero-order valence-electron chi connectivity index (χ0n) is 15.6. The zero-order valence-corrected chi connectivity index (χ0v) is 16.4. The van der Waals surface area contributed by atoms with Gasteiger partial charge >= 0.3 is 0 Å². The van der Waals surface area contributed by atoms with Crippen molar-refractivity contribution in [2.45, 2.75) is 31.8 Å². The van der Waals surface area contributed by atoms with Crippen LogP contribution in [0.15, 0.2) is 36.5 Å². The Morgan fingerprint density at radius 1 is 1.26 bits per heavy atom. The fourth-order valence-electron chi connectivity index (χ4n) is 3.88. The van der Waals surface area contributed by atoms with E-state index in [0.29, 0.717) is 18.3 Å². The van der Waals surface area contributed by atoms with Gasteiger partial charge in [-0.3, -0.25) is 14.4 Å². The molecule has 0 spiro atoms. The van der Waals surface area contributed by atoms with Crippen LogP contribution in [-0.2, 0) is 13.0 Å². The molecule has 27 heavy (non-hydrogen) atoms. The average Bonchev–Trinajstić information content (AvgIpc) is 3.19. The quantitative estimate of drug-likeness (QED) is 0.821. The number of nitrogens with zero attached hydrogens (tertiary/aromatic N) is 3. The molecule has 0 radical (unpaired) electrons. The summed E-state index contributed by atoms with van der Waals surface area (Å²) in [4.78, 5) is 14.8. The van der Waals surface area contributed by atoms with Gasteiger partial charge in [-0.05, 0) is 43.0 Å². The number of hydrogen-bond acceptors (Lipinski definition) is 4. The van der Waals surface area contributed by atoms with E-state index >= 15 is 0 Å². The second kappa shape index (κ2) is 9.35. The molecule has 4 rings (SSSR count). The van der Waals surface area contributed by atoms with Gasteiger partial charge in [0.1, 0.15) is 5.69 Å². The van der Waals surface area contributed by atoms with Gasteiger partial charge in [-0.25, -0.2) is 0 Å². The van der Waals surface area contributed by atoms with E-state index in [2.05, 4.69) is 44.9 Å². The van der Waals surface area contributed by atoms with Crippen molar-refractivity contribution in [3.8, 4) is 0 Å². The van der Waals surface area contributed by atoms with Crippen LogP contribution in [0.5, 0.6) is 0 Å². The lowest BCUT2D eigenvalue weighted by Crippen LogP contribution is -2.38. The molecule has 2 aromatic rings. The first-order valence-corrected chi connectivity index (χ1v) is 9.63. The first-order valence-electron chi connectivity index (χ1n) is 9.63. The molecule has 146 valence electrons. The Morgan fingerprint density at radius 3 is 2.93 bits per heavy atom. The molecule has 0 saturated carbocycles. The van der Waals surface area contributed by atoms with Crippen LogP contribution in [0.4, 0.5) is 0 Å². The Labute approximate surface area is 166 Å². The standard InChI is InChI=1S/C20H27N5O.ClH/c26-20(19-8-12-25(23-19)18-6-3-9-21-14-18)22-10-13-24-11-7-16-4-1-2-5-17(16)15-24;/h1-2,4-5,8,12,18,21H,3,6-7,9-11,13-15H2,(H,22,26);1H. The highest BCUT2D eigenvalue weighted by molar-refractivity contribution is 5.92. The minimum absolute atomic E-state index is 0. The first-order chi connectivity index (χ1) is 12.8. The maximum absolute atomic E-state index is 12.4. The second-order valence-electron chi connectivity index (χ2n) is 7.23. The molecule has 3 heterocycles. The molecule has 1 unspecified atom stereocenters. The molecule has 1 aromatic carbocycles. The number of piperidine rings is 1. The van der Waals surface area contributed by atoms with Crippen molar-refractivity contribution in [1.82, 2.24) is 25.3 Å². The molecule has 1 amide bonds. The van der Waals surface area contributed by atoms with Gasteiger partial charge in [0.05, 0.1) is 6.04 Å². The molecule has 6 nitrogen and oxygen atoms in total. The summed E-state index contributed by atoms with van der Waals surface area (Å²) < 4.78 is 1.93. The van der Waals surface area contributed by atoms with Gasteiger partial charge in [0, 0.05) is 38.9 Å². The lowest BCUT2D eigenvalue weighted by Gasteiger charge is -2.28. The first kappa shape index (κ1) is 19.9. The zero-order chi connectivity index (χ0) is 17.8. The Bertz CT molecular complexity index is 756. The van der Waals surface area contributed by atoms with Crippen molar-refractivity contribution in [2.75, 3.05) is 32.7 Å². The fraction of sp³-hybridized carbons (Fsp3) is 0.500. The molecule has 2 aliphatic rings. The normalized spacial score (nSPS) is 19.8. The van der Waals surface area contributed by atoms with Crippen LogP contribution in [0.1, 0.15) is 40.5 Å². The number of amides is 1. The summed E-state index contributed by atoms with van der Waals surface area (Å²) in [5.41, 5.74) is 3.38. The van der Waals surface area contributed by atoms with Gasteiger partial charge in [-0.1, -0.05) is 24.3 Å². The van der Waals surface area contributed by atoms with Crippen molar-refractivity contribution in [3.05, 3.63) is 53.3 Å². The predicted molar refractivity (Wildman–Crippen MR) is 108 cm³/mol. The molecule has 1 fully saturated rings. The van der Waals surface area contributed by atoms with Crippen LogP contribution in [0.3, 0.4) is 0 Å². The number of hydrogen-bond donors (Lipinski definition) is 2. The number of aromatic nitrogens is 2. The molecular weight excluding hydrogens is 362 g/mol. The number of fused-ring (bicyclic) bond motifs is 1. The molecular formula is C20H28ClN5O. The van der Waals surface area contributed by atoms with Gasteiger partial charge < -0.3 is 10.6 Å². The van der Waals surface area contributed by atoms with E-state index in [9.17, 15) is 4.79 Å². The summed E-state index contributed by atoms with van der Waals surface area (Å²) in [5, 5.41) is 10.9. The van der Waals surface area contributed by atoms with E-state index in [4.69, 9.17) is 0 Å². The molecule has 2 aliphatic heterocycles. The van der Waals surface area contributed by atoms with Crippen molar-refractivity contribution in [1.29, 1.82) is 0 Å². The number of rotatable bonds is 5. The second-order valence-corrected chi connectivity index (χ2v) is 7.23. The van der Waals surface area contributed by atoms with Crippen molar-refractivity contribution < 1.29 is 4.79 Å². The van der Waals surface area contributed by atoms with E-state index in [0.717, 1.165) is 52.0 Å². The smallest absolute Gasteiger partial charge is 0.271 e. The van der Waals surface area contributed by atoms with Crippen LogP contribution in [0, 0.1) is 0 Å². The van der Waals surface area contributed by atoms with Crippen LogP contribution >= 0.6 is 12.4 Å². The summed E-state index contributed by atoms with van der Waals surface area (Å²) in [5.74, 6) is -0.0788. The molecule has 2 N–H and O–H groups in total. The SMILES string of the molecule is Cl.O=C(NCCN1CCc2ccccc2C1)c1ccn(C2CCCNC2)n1. The third-order valence-electron chi connectivity index (χ3n) is 5.41. The van der Waals surface area contributed by atoms with Gasteiger partial charge in [-0.2, -0.15) is 5.10 Å². The largest absolute Gasteiger partial charge is 0.349 e. The van der Waals surface area contributed by atoms with E-state index in [1.165, 1.54) is 11.1 Å². The van der Waals surface area contributed by atoms with E-state index in [-0.39, 0.29) is 18.3 Å². The van der Waals surface area contributed by atoms with Gasteiger partial charge in [0.25, 0.3) is 5.91 Å². The molecule has 1 saturated heterocycles. The Hall–Kier alpha value is -1.89. The number of carbonyl (C=O) groups is 1. The van der Waals surface area contributed by atoms with Crippen LogP contribution < -0.4 is 10.6 Å². The van der Waals surface area contributed by atoms with Gasteiger partial charge in [0.15, 0.2) is 0 Å². The topological polar surface area (TPSA) is 62.2 Å². The molecule has 1 aromatic heterocycles. The van der Waals surface area contributed by atoms with Gasteiger partial charge in [0.2, 0.25) is 0 Å². The minimum Gasteiger partial charge on any atom is -0.349 e. The van der Waals surface area contributed by atoms with Crippen molar-refractivity contribution in [3.63, 3.8) is 0 Å². The summed E-state index contributed by atoms with van der Waals surface area (Å²) in [6.45, 7) is 5.54. The summed E-state index contributed by atoms with van der Waals surface area (Å²) in [6, 6.07) is 10.8. The van der Waals surface area contributed by atoms with E-state index < -0.39 is 0 Å². The van der Waals surface area contributed by atoms with Gasteiger partial charge in [-0.15, -0.1) is 12.4 Å².